The highest BCUT2D eigenvalue weighted by Gasteiger charge is 2.08. The fraction of sp³-hybridized carbons (Fsp3) is 0.0769. The van der Waals surface area contributed by atoms with Gasteiger partial charge in [-0.25, -0.2) is 9.78 Å². The Morgan fingerprint density at radius 2 is 2.00 bits per heavy atom. The fourth-order valence-corrected chi connectivity index (χ4v) is 1.53. The summed E-state index contributed by atoms with van der Waals surface area (Å²) in [6, 6.07) is 10.0. The maximum absolute atomic E-state index is 11.8. The van der Waals surface area contributed by atoms with E-state index in [1.54, 1.807) is 36.5 Å². The maximum atomic E-state index is 11.8. The number of nitrogens with one attached hydrogen (secondary N) is 2. The quantitative estimate of drug-likeness (QED) is 0.788. The van der Waals surface area contributed by atoms with Crippen molar-refractivity contribution in [2.75, 3.05) is 23.5 Å². The van der Waals surface area contributed by atoms with E-state index in [0.717, 1.165) is 0 Å². The van der Waals surface area contributed by atoms with Crippen LogP contribution in [0.1, 0.15) is 0 Å². The molecule has 4 N–H and O–H groups in total. The van der Waals surface area contributed by atoms with Crippen LogP contribution in [0.5, 0.6) is 5.75 Å². The summed E-state index contributed by atoms with van der Waals surface area (Å²) in [5.74, 6) is 0.890. The second-order valence-electron chi connectivity index (χ2n) is 3.72. The van der Waals surface area contributed by atoms with Crippen LogP contribution >= 0.6 is 0 Å². The molecule has 1 aromatic heterocycles. The number of carbonyl (C=O) groups excluding carboxylic acids is 1. The van der Waals surface area contributed by atoms with E-state index in [2.05, 4.69) is 15.6 Å². The number of urea groups is 1. The number of rotatable bonds is 3. The number of pyridine rings is 1. The second-order valence-corrected chi connectivity index (χ2v) is 3.72. The van der Waals surface area contributed by atoms with E-state index in [-0.39, 0.29) is 0 Å². The average molecular weight is 258 g/mol. The van der Waals surface area contributed by atoms with Crippen LogP contribution in [0.25, 0.3) is 0 Å². The van der Waals surface area contributed by atoms with Crippen molar-refractivity contribution in [3.63, 3.8) is 0 Å². The van der Waals surface area contributed by atoms with Gasteiger partial charge in [0.05, 0.1) is 18.5 Å². The number of benzene rings is 1. The van der Waals surface area contributed by atoms with Gasteiger partial charge in [0.2, 0.25) is 0 Å². The molecule has 2 rings (SSSR count). The molecule has 0 aliphatic rings. The number of methoxy groups -OCH3 is 1. The van der Waals surface area contributed by atoms with E-state index in [1.807, 2.05) is 6.07 Å². The number of aromatic nitrogens is 1. The molecule has 1 aromatic carbocycles. The van der Waals surface area contributed by atoms with Crippen LogP contribution in [0.15, 0.2) is 42.6 Å². The molecule has 0 unspecified atom stereocenters. The summed E-state index contributed by atoms with van der Waals surface area (Å²) in [4.78, 5) is 15.8. The van der Waals surface area contributed by atoms with Crippen molar-refractivity contribution in [3.05, 3.63) is 42.6 Å². The lowest BCUT2D eigenvalue weighted by Gasteiger charge is -2.11. The number of para-hydroxylation sites is 2. The Labute approximate surface area is 110 Å². The largest absolute Gasteiger partial charge is 0.495 e. The van der Waals surface area contributed by atoms with Gasteiger partial charge in [-0.2, -0.15) is 0 Å². The third kappa shape index (κ3) is 3.12. The smallest absolute Gasteiger partial charge is 0.325 e. The summed E-state index contributed by atoms with van der Waals surface area (Å²) >= 11 is 0. The summed E-state index contributed by atoms with van der Waals surface area (Å²) in [5.41, 5.74) is 6.66. The molecule has 6 heteroatoms. The summed E-state index contributed by atoms with van der Waals surface area (Å²) in [6.07, 6.45) is 1.55. The highest BCUT2D eigenvalue weighted by Crippen LogP contribution is 2.23. The standard InChI is InChI=1S/C13H14N4O2/c1-19-11-7-3-2-6-10(11)16-13(18)17-12-9(14)5-4-8-15-12/h2-8H,14H2,1H3,(H2,15,16,17,18). The number of nitrogens with two attached hydrogens (primary N) is 1. The summed E-state index contributed by atoms with van der Waals surface area (Å²) in [5, 5.41) is 5.23. The van der Waals surface area contributed by atoms with Gasteiger partial charge in [0.25, 0.3) is 0 Å². The van der Waals surface area contributed by atoms with Crippen molar-refractivity contribution in [2.45, 2.75) is 0 Å². The Morgan fingerprint density at radius 3 is 2.74 bits per heavy atom. The van der Waals surface area contributed by atoms with Crippen molar-refractivity contribution >= 4 is 23.2 Å². The predicted molar refractivity (Wildman–Crippen MR) is 74.3 cm³/mol. The van der Waals surface area contributed by atoms with Crippen molar-refractivity contribution in [3.8, 4) is 5.75 Å². The van der Waals surface area contributed by atoms with E-state index in [1.165, 1.54) is 7.11 Å². The normalized spacial score (nSPS) is 9.74. The lowest BCUT2D eigenvalue weighted by molar-refractivity contribution is 0.262. The predicted octanol–water partition coefficient (Wildman–Crippen LogP) is 2.32. The van der Waals surface area contributed by atoms with Gasteiger partial charge in [0, 0.05) is 6.20 Å². The highest BCUT2D eigenvalue weighted by molar-refractivity contribution is 6.01. The van der Waals surface area contributed by atoms with Crippen LogP contribution in [0.3, 0.4) is 0 Å². The molecule has 0 aliphatic carbocycles. The third-order valence-electron chi connectivity index (χ3n) is 2.43. The summed E-state index contributed by atoms with van der Waals surface area (Å²) in [6.45, 7) is 0. The van der Waals surface area contributed by atoms with Gasteiger partial charge in [0.15, 0.2) is 5.82 Å². The second kappa shape index (κ2) is 5.72. The van der Waals surface area contributed by atoms with E-state index in [0.29, 0.717) is 22.9 Å². The number of carbonyl (C=O) groups is 1. The number of nitrogen functional groups attached to an aromatic ring is 1. The molecule has 0 saturated carbocycles. The Kier molecular flexibility index (Phi) is 3.82. The first kappa shape index (κ1) is 12.7. The SMILES string of the molecule is COc1ccccc1NC(=O)Nc1ncccc1N. The van der Waals surface area contributed by atoms with Crippen LogP contribution in [0.4, 0.5) is 22.0 Å². The maximum Gasteiger partial charge on any atom is 0.325 e. The summed E-state index contributed by atoms with van der Waals surface area (Å²) < 4.78 is 5.14. The number of ether oxygens (including phenoxy) is 1. The first-order chi connectivity index (χ1) is 9.20. The molecule has 0 atom stereocenters. The van der Waals surface area contributed by atoms with Gasteiger partial charge < -0.3 is 15.8 Å². The Morgan fingerprint density at radius 1 is 1.21 bits per heavy atom. The minimum Gasteiger partial charge on any atom is -0.495 e. The molecule has 2 amide bonds. The van der Waals surface area contributed by atoms with Crippen molar-refractivity contribution in [1.29, 1.82) is 0 Å². The van der Waals surface area contributed by atoms with Crippen LogP contribution < -0.4 is 21.1 Å². The zero-order valence-electron chi connectivity index (χ0n) is 10.4. The lowest BCUT2D eigenvalue weighted by Crippen LogP contribution is -2.21. The van der Waals surface area contributed by atoms with Crippen molar-refractivity contribution < 1.29 is 9.53 Å². The van der Waals surface area contributed by atoms with Gasteiger partial charge in [0.1, 0.15) is 5.75 Å². The first-order valence-corrected chi connectivity index (χ1v) is 5.62. The third-order valence-corrected chi connectivity index (χ3v) is 2.43. The van der Waals surface area contributed by atoms with Crippen LogP contribution in [-0.2, 0) is 0 Å². The molecule has 19 heavy (non-hydrogen) atoms. The van der Waals surface area contributed by atoms with E-state index < -0.39 is 6.03 Å². The molecular weight excluding hydrogens is 244 g/mol. The molecule has 1 heterocycles. The average Bonchev–Trinajstić information content (AvgIpc) is 2.42. The zero-order valence-corrected chi connectivity index (χ0v) is 10.4. The molecule has 2 aromatic rings. The summed E-state index contributed by atoms with van der Waals surface area (Å²) in [7, 11) is 1.54. The topological polar surface area (TPSA) is 89.3 Å². The lowest BCUT2D eigenvalue weighted by atomic mass is 10.3. The number of amides is 2. The molecule has 0 aliphatic heterocycles. The molecule has 6 nitrogen and oxygen atoms in total. The van der Waals surface area contributed by atoms with E-state index >= 15 is 0 Å². The highest BCUT2D eigenvalue weighted by atomic mass is 16.5. The van der Waals surface area contributed by atoms with Crippen LogP contribution in [-0.4, -0.2) is 18.1 Å². The number of hydrogen-bond acceptors (Lipinski definition) is 4. The van der Waals surface area contributed by atoms with Crippen LogP contribution in [0, 0.1) is 0 Å². The molecule has 0 spiro atoms. The molecule has 98 valence electrons. The van der Waals surface area contributed by atoms with Crippen molar-refractivity contribution in [2.24, 2.45) is 0 Å². The number of nitrogens with zero attached hydrogens (tertiary/aromatic N) is 1. The first-order valence-electron chi connectivity index (χ1n) is 5.62. The Bertz CT molecular complexity index is 586. The van der Waals surface area contributed by atoms with E-state index in [9.17, 15) is 4.79 Å². The van der Waals surface area contributed by atoms with Gasteiger partial charge in [-0.15, -0.1) is 0 Å². The van der Waals surface area contributed by atoms with Gasteiger partial charge in [-0.1, -0.05) is 12.1 Å². The van der Waals surface area contributed by atoms with Gasteiger partial charge in [-0.3, -0.25) is 5.32 Å². The number of hydrogen-bond donors (Lipinski definition) is 3. The molecule has 0 radical (unpaired) electrons. The number of anilines is 3. The Balaban J connectivity index is 2.08. The molecular formula is C13H14N4O2. The van der Waals surface area contributed by atoms with Gasteiger partial charge >= 0.3 is 6.03 Å². The van der Waals surface area contributed by atoms with E-state index in [4.69, 9.17) is 10.5 Å². The minimum absolute atomic E-state index is 0.315. The minimum atomic E-state index is -0.435. The monoisotopic (exact) mass is 258 g/mol. The zero-order chi connectivity index (χ0) is 13.7. The fourth-order valence-electron chi connectivity index (χ4n) is 1.53. The molecule has 0 saturated heterocycles. The molecule has 0 fully saturated rings. The van der Waals surface area contributed by atoms with Crippen LogP contribution in [0.2, 0.25) is 0 Å². The Hall–Kier alpha value is -2.76. The molecule has 0 bridgehead atoms. The van der Waals surface area contributed by atoms with Crippen molar-refractivity contribution in [1.82, 2.24) is 4.98 Å². The van der Waals surface area contributed by atoms with Gasteiger partial charge in [-0.05, 0) is 24.3 Å².